The maximum Gasteiger partial charge on any atom is 0.131 e. The Kier molecular flexibility index (Phi) is 4.33. The number of hydrogen-bond donors (Lipinski definition) is 1. The molecular formula is C15H25N3. The monoisotopic (exact) mass is 247 g/mol. The number of aromatic nitrogens is 2. The topological polar surface area (TPSA) is 37.8 Å². The fourth-order valence-electron chi connectivity index (χ4n) is 2.94. The van der Waals surface area contributed by atoms with Gasteiger partial charge in [-0.3, -0.25) is 0 Å². The highest BCUT2D eigenvalue weighted by atomic mass is 14.9. The Balaban J connectivity index is 2.17. The first-order valence-corrected chi connectivity index (χ1v) is 7.12. The van der Waals surface area contributed by atoms with Crippen LogP contribution in [0.15, 0.2) is 6.20 Å². The first-order chi connectivity index (χ1) is 8.61. The average Bonchev–Trinajstić information content (AvgIpc) is 2.37. The average molecular weight is 247 g/mol. The summed E-state index contributed by atoms with van der Waals surface area (Å²) in [5, 5.41) is 3.25. The lowest BCUT2D eigenvalue weighted by Crippen LogP contribution is -2.18. The highest BCUT2D eigenvalue weighted by molar-refractivity contribution is 5.20. The molecule has 1 aliphatic carbocycles. The standard InChI is InChI=1S/C15H25N3/c1-10-6-5-7-13(8-10)15-17-9-14(11(2)16-4)12(3)18-15/h9-11,13,16H,5-8H2,1-4H3. The van der Waals surface area contributed by atoms with Gasteiger partial charge in [0.2, 0.25) is 0 Å². The van der Waals surface area contributed by atoms with Gasteiger partial charge in [-0.2, -0.15) is 0 Å². The van der Waals surface area contributed by atoms with Gasteiger partial charge >= 0.3 is 0 Å². The summed E-state index contributed by atoms with van der Waals surface area (Å²) in [5.41, 5.74) is 2.34. The van der Waals surface area contributed by atoms with Crippen LogP contribution in [0.4, 0.5) is 0 Å². The predicted octanol–water partition coefficient (Wildman–Crippen LogP) is 3.36. The Bertz CT molecular complexity index is 403. The summed E-state index contributed by atoms with van der Waals surface area (Å²) in [7, 11) is 1.97. The lowest BCUT2D eigenvalue weighted by Gasteiger charge is -2.26. The molecule has 0 spiro atoms. The first-order valence-electron chi connectivity index (χ1n) is 7.12. The second-order valence-electron chi connectivity index (χ2n) is 5.75. The molecule has 100 valence electrons. The van der Waals surface area contributed by atoms with Crippen molar-refractivity contribution < 1.29 is 0 Å². The molecule has 3 atom stereocenters. The summed E-state index contributed by atoms with van der Waals surface area (Å²) in [5.74, 6) is 2.46. The van der Waals surface area contributed by atoms with Crippen molar-refractivity contribution >= 4 is 0 Å². The molecule has 3 nitrogen and oxygen atoms in total. The van der Waals surface area contributed by atoms with E-state index in [9.17, 15) is 0 Å². The van der Waals surface area contributed by atoms with Crippen molar-refractivity contribution in [2.75, 3.05) is 7.05 Å². The fourth-order valence-corrected chi connectivity index (χ4v) is 2.94. The fraction of sp³-hybridized carbons (Fsp3) is 0.733. The van der Waals surface area contributed by atoms with Crippen molar-refractivity contribution in [1.82, 2.24) is 15.3 Å². The molecule has 2 rings (SSSR count). The minimum Gasteiger partial charge on any atom is -0.313 e. The van der Waals surface area contributed by atoms with Crippen molar-refractivity contribution in [1.29, 1.82) is 0 Å². The van der Waals surface area contributed by atoms with E-state index < -0.39 is 0 Å². The van der Waals surface area contributed by atoms with Gasteiger partial charge in [0, 0.05) is 29.4 Å². The summed E-state index contributed by atoms with van der Waals surface area (Å²) in [6.45, 7) is 6.59. The number of hydrogen-bond acceptors (Lipinski definition) is 3. The van der Waals surface area contributed by atoms with Gasteiger partial charge in [0.25, 0.3) is 0 Å². The molecule has 3 heteroatoms. The van der Waals surface area contributed by atoms with E-state index in [2.05, 4.69) is 31.1 Å². The van der Waals surface area contributed by atoms with Crippen LogP contribution in [0.25, 0.3) is 0 Å². The van der Waals surface area contributed by atoms with Crippen molar-refractivity contribution in [3.05, 3.63) is 23.3 Å². The maximum atomic E-state index is 4.75. The van der Waals surface area contributed by atoms with Crippen LogP contribution in [-0.4, -0.2) is 17.0 Å². The van der Waals surface area contributed by atoms with E-state index in [1.807, 2.05) is 13.2 Å². The van der Waals surface area contributed by atoms with Crippen LogP contribution in [-0.2, 0) is 0 Å². The van der Waals surface area contributed by atoms with Gasteiger partial charge in [0.15, 0.2) is 0 Å². The molecule has 1 aliphatic rings. The SMILES string of the molecule is CNC(C)c1cnc(C2CCCC(C)C2)nc1C. The van der Waals surface area contributed by atoms with Crippen molar-refractivity contribution in [3.63, 3.8) is 0 Å². The smallest absolute Gasteiger partial charge is 0.131 e. The van der Waals surface area contributed by atoms with E-state index in [0.29, 0.717) is 12.0 Å². The molecule has 0 radical (unpaired) electrons. The van der Waals surface area contributed by atoms with Crippen LogP contribution < -0.4 is 5.32 Å². The Morgan fingerprint density at radius 2 is 2.17 bits per heavy atom. The van der Waals surface area contributed by atoms with E-state index in [1.54, 1.807) is 0 Å². The van der Waals surface area contributed by atoms with Gasteiger partial charge in [-0.15, -0.1) is 0 Å². The van der Waals surface area contributed by atoms with Gasteiger partial charge in [0.05, 0.1) is 0 Å². The second kappa shape index (κ2) is 5.79. The highest BCUT2D eigenvalue weighted by Crippen LogP contribution is 2.34. The molecule has 1 aromatic heterocycles. The first kappa shape index (κ1) is 13.5. The van der Waals surface area contributed by atoms with Crippen molar-refractivity contribution in [2.24, 2.45) is 5.92 Å². The number of rotatable bonds is 3. The number of nitrogens with one attached hydrogen (secondary N) is 1. The third-order valence-electron chi connectivity index (χ3n) is 4.24. The number of aryl methyl sites for hydroxylation is 1. The minimum atomic E-state index is 0.323. The van der Waals surface area contributed by atoms with E-state index in [-0.39, 0.29) is 0 Å². The van der Waals surface area contributed by atoms with Crippen LogP contribution in [0.2, 0.25) is 0 Å². The van der Waals surface area contributed by atoms with Gasteiger partial charge in [-0.1, -0.05) is 19.8 Å². The van der Waals surface area contributed by atoms with Gasteiger partial charge < -0.3 is 5.32 Å². The zero-order valence-electron chi connectivity index (χ0n) is 12.0. The van der Waals surface area contributed by atoms with Gasteiger partial charge in [-0.25, -0.2) is 9.97 Å². The zero-order chi connectivity index (χ0) is 13.1. The predicted molar refractivity (Wildman–Crippen MR) is 74.6 cm³/mol. The Hall–Kier alpha value is -0.960. The third-order valence-corrected chi connectivity index (χ3v) is 4.24. The van der Waals surface area contributed by atoms with E-state index >= 15 is 0 Å². The van der Waals surface area contributed by atoms with E-state index in [1.165, 1.54) is 31.2 Å². The van der Waals surface area contributed by atoms with Crippen molar-refractivity contribution in [2.45, 2.75) is 58.4 Å². The summed E-state index contributed by atoms with van der Waals surface area (Å²) in [6.07, 6.45) is 7.20. The normalized spacial score (nSPS) is 26.0. The summed E-state index contributed by atoms with van der Waals surface area (Å²) < 4.78 is 0. The lowest BCUT2D eigenvalue weighted by atomic mass is 9.82. The summed E-state index contributed by atoms with van der Waals surface area (Å²) in [4.78, 5) is 9.36. The van der Waals surface area contributed by atoms with Crippen LogP contribution in [0.3, 0.4) is 0 Å². The molecule has 1 aromatic rings. The molecule has 1 heterocycles. The van der Waals surface area contributed by atoms with E-state index in [4.69, 9.17) is 4.98 Å². The second-order valence-corrected chi connectivity index (χ2v) is 5.75. The molecule has 1 saturated carbocycles. The van der Waals surface area contributed by atoms with Gasteiger partial charge in [0.1, 0.15) is 5.82 Å². The largest absolute Gasteiger partial charge is 0.313 e. The highest BCUT2D eigenvalue weighted by Gasteiger charge is 2.23. The quantitative estimate of drug-likeness (QED) is 0.890. The lowest BCUT2D eigenvalue weighted by molar-refractivity contribution is 0.334. The molecule has 1 N–H and O–H groups in total. The molecule has 0 bridgehead atoms. The molecule has 18 heavy (non-hydrogen) atoms. The Labute approximate surface area is 110 Å². The Morgan fingerprint density at radius 1 is 1.39 bits per heavy atom. The van der Waals surface area contributed by atoms with E-state index in [0.717, 1.165) is 17.4 Å². The molecular weight excluding hydrogens is 222 g/mol. The molecule has 0 amide bonds. The van der Waals surface area contributed by atoms with Crippen LogP contribution >= 0.6 is 0 Å². The van der Waals surface area contributed by atoms with Crippen LogP contribution in [0.5, 0.6) is 0 Å². The minimum absolute atomic E-state index is 0.323. The molecule has 3 unspecified atom stereocenters. The zero-order valence-corrected chi connectivity index (χ0v) is 12.0. The maximum absolute atomic E-state index is 4.75. The van der Waals surface area contributed by atoms with Crippen LogP contribution in [0, 0.1) is 12.8 Å². The van der Waals surface area contributed by atoms with Crippen LogP contribution in [0.1, 0.15) is 68.6 Å². The number of nitrogens with zero attached hydrogens (tertiary/aromatic N) is 2. The summed E-state index contributed by atoms with van der Waals surface area (Å²) >= 11 is 0. The summed E-state index contributed by atoms with van der Waals surface area (Å²) in [6, 6.07) is 0.323. The molecule has 0 aliphatic heterocycles. The van der Waals surface area contributed by atoms with Gasteiger partial charge in [-0.05, 0) is 39.7 Å². The molecule has 0 aromatic carbocycles. The Morgan fingerprint density at radius 3 is 2.78 bits per heavy atom. The van der Waals surface area contributed by atoms with Crippen molar-refractivity contribution in [3.8, 4) is 0 Å². The molecule has 1 fully saturated rings. The molecule has 0 saturated heterocycles. The third kappa shape index (κ3) is 2.89.